The summed E-state index contributed by atoms with van der Waals surface area (Å²) in [4.78, 5) is 20.6. The maximum Gasteiger partial charge on any atom is 0.287 e. The molecule has 2 N–H and O–H groups in total. The molecule has 1 saturated heterocycles. The van der Waals surface area contributed by atoms with E-state index in [1.807, 2.05) is 19.1 Å². The molecule has 0 atom stereocenters. The van der Waals surface area contributed by atoms with Crippen molar-refractivity contribution in [1.29, 1.82) is 0 Å². The number of nitrogens with one attached hydrogen (secondary N) is 2. The Morgan fingerprint density at radius 1 is 1.13 bits per heavy atom. The number of aryl methyl sites for hydroxylation is 1. The van der Waals surface area contributed by atoms with E-state index in [0.717, 1.165) is 44.1 Å². The lowest BCUT2D eigenvalue weighted by Crippen LogP contribution is -2.53. The first kappa shape index (κ1) is 24.0. The summed E-state index contributed by atoms with van der Waals surface area (Å²) in [6, 6.07) is 8.65. The van der Waals surface area contributed by atoms with Crippen molar-refractivity contribution in [1.82, 2.24) is 15.5 Å². The minimum Gasteiger partial charge on any atom is -0.459 e. The Labute approximate surface area is 193 Å². The zero-order valence-electron chi connectivity index (χ0n) is 17.4. The molecule has 7 nitrogen and oxygen atoms in total. The zero-order valence-corrected chi connectivity index (χ0v) is 19.7. The molecule has 0 radical (unpaired) electrons. The molecule has 0 bridgehead atoms. The van der Waals surface area contributed by atoms with Crippen molar-refractivity contribution in [2.75, 3.05) is 51.2 Å². The summed E-state index contributed by atoms with van der Waals surface area (Å²) in [7, 11) is 1.76. The number of carbonyl (C=O) groups excluding carboxylic acids is 1. The van der Waals surface area contributed by atoms with E-state index in [0.29, 0.717) is 24.5 Å². The molecule has 1 aromatic heterocycles. The van der Waals surface area contributed by atoms with Crippen LogP contribution in [0.25, 0.3) is 0 Å². The predicted molar refractivity (Wildman–Crippen MR) is 127 cm³/mol. The maximum atomic E-state index is 14.0. The van der Waals surface area contributed by atoms with Gasteiger partial charge in [0.15, 0.2) is 11.7 Å². The van der Waals surface area contributed by atoms with Crippen LogP contribution in [0.2, 0.25) is 0 Å². The fourth-order valence-electron chi connectivity index (χ4n) is 3.38. The molecule has 1 amide bonds. The molecule has 2 heterocycles. The van der Waals surface area contributed by atoms with E-state index in [-0.39, 0.29) is 35.7 Å². The van der Waals surface area contributed by atoms with Gasteiger partial charge in [-0.25, -0.2) is 4.39 Å². The molecular formula is C21H29FIN5O2. The number of hydrogen-bond donors (Lipinski definition) is 2. The minimum atomic E-state index is -0.193. The fourth-order valence-corrected chi connectivity index (χ4v) is 3.38. The number of aliphatic imine (C=N–C) groups is 1. The number of guanidine groups is 1. The lowest BCUT2D eigenvalue weighted by molar-refractivity contribution is 0.0925. The summed E-state index contributed by atoms with van der Waals surface area (Å²) in [6.45, 7) is 6.09. The van der Waals surface area contributed by atoms with Crippen LogP contribution in [0.4, 0.5) is 10.1 Å². The van der Waals surface area contributed by atoms with E-state index in [9.17, 15) is 9.18 Å². The molecule has 1 aliphatic rings. The third kappa shape index (κ3) is 6.10. The first-order chi connectivity index (χ1) is 14.1. The molecule has 0 unspecified atom stereocenters. The van der Waals surface area contributed by atoms with Crippen LogP contribution in [-0.4, -0.2) is 63.1 Å². The van der Waals surface area contributed by atoms with Crippen molar-refractivity contribution < 1.29 is 13.6 Å². The highest BCUT2D eigenvalue weighted by molar-refractivity contribution is 14.0. The molecule has 30 heavy (non-hydrogen) atoms. The number of benzene rings is 1. The Morgan fingerprint density at radius 3 is 2.47 bits per heavy atom. The summed E-state index contributed by atoms with van der Waals surface area (Å²) < 4.78 is 19.2. The second-order valence-corrected chi connectivity index (χ2v) is 6.94. The van der Waals surface area contributed by atoms with Crippen molar-refractivity contribution in [3.05, 3.63) is 53.7 Å². The van der Waals surface area contributed by atoms with Crippen LogP contribution in [0.5, 0.6) is 0 Å². The van der Waals surface area contributed by atoms with E-state index in [1.54, 1.807) is 19.2 Å². The van der Waals surface area contributed by atoms with Gasteiger partial charge in [0.25, 0.3) is 5.91 Å². The normalized spacial score (nSPS) is 14.3. The third-order valence-electron chi connectivity index (χ3n) is 4.97. The molecule has 0 spiro atoms. The van der Waals surface area contributed by atoms with Gasteiger partial charge in [0.05, 0.1) is 12.0 Å². The van der Waals surface area contributed by atoms with Gasteiger partial charge in [0, 0.05) is 51.9 Å². The van der Waals surface area contributed by atoms with Gasteiger partial charge in [-0.05, 0) is 31.5 Å². The van der Waals surface area contributed by atoms with Gasteiger partial charge in [0.2, 0.25) is 0 Å². The SMILES string of the molecule is CN=C(NCCCNC(=O)c1occc1C)N1CCN(c2ccccc2F)CC1.I. The monoisotopic (exact) mass is 529 g/mol. The van der Waals surface area contributed by atoms with E-state index in [2.05, 4.69) is 25.4 Å². The lowest BCUT2D eigenvalue weighted by atomic mass is 10.2. The van der Waals surface area contributed by atoms with Crippen molar-refractivity contribution >= 4 is 41.5 Å². The minimum absolute atomic E-state index is 0. The molecule has 2 aromatic rings. The molecule has 1 aromatic carbocycles. The number of halogens is 2. The standard InChI is InChI=1S/C21H28FN5O2.HI/c1-16-8-15-29-19(16)20(28)24-9-5-10-25-21(23-2)27-13-11-26(12-14-27)18-7-4-3-6-17(18)22;/h3-4,6-8,15H,5,9-14H2,1-2H3,(H,23,25)(H,24,28);1H. The molecule has 9 heteroatoms. The number of rotatable bonds is 6. The van der Waals surface area contributed by atoms with Crippen molar-refractivity contribution in [2.45, 2.75) is 13.3 Å². The van der Waals surface area contributed by atoms with E-state index in [4.69, 9.17) is 4.42 Å². The Bertz CT molecular complexity index is 849. The second kappa shape index (κ2) is 11.8. The van der Waals surface area contributed by atoms with Gasteiger partial charge in [-0.2, -0.15) is 0 Å². The topological polar surface area (TPSA) is 73.1 Å². The van der Waals surface area contributed by atoms with Crippen LogP contribution >= 0.6 is 24.0 Å². The second-order valence-electron chi connectivity index (χ2n) is 6.94. The van der Waals surface area contributed by atoms with Gasteiger partial charge >= 0.3 is 0 Å². The predicted octanol–water partition coefficient (Wildman–Crippen LogP) is 2.86. The third-order valence-corrected chi connectivity index (χ3v) is 4.97. The highest BCUT2D eigenvalue weighted by Crippen LogP contribution is 2.20. The molecule has 0 saturated carbocycles. The van der Waals surface area contributed by atoms with E-state index in [1.165, 1.54) is 12.3 Å². The number of hydrogen-bond acceptors (Lipinski definition) is 4. The highest BCUT2D eigenvalue weighted by atomic mass is 127. The maximum absolute atomic E-state index is 14.0. The summed E-state index contributed by atoms with van der Waals surface area (Å²) in [5.41, 5.74) is 1.48. The van der Waals surface area contributed by atoms with Crippen molar-refractivity contribution in [2.24, 2.45) is 4.99 Å². The number of furan rings is 1. The molecule has 3 rings (SSSR count). The summed E-state index contributed by atoms with van der Waals surface area (Å²) in [5.74, 6) is 0.810. The number of amides is 1. The lowest BCUT2D eigenvalue weighted by Gasteiger charge is -2.37. The summed E-state index contributed by atoms with van der Waals surface area (Å²) in [5, 5.41) is 6.19. The van der Waals surface area contributed by atoms with Crippen molar-refractivity contribution in [3.8, 4) is 0 Å². The smallest absolute Gasteiger partial charge is 0.287 e. The van der Waals surface area contributed by atoms with Crippen LogP contribution in [0.1, 0.15) is 22.5 Å². The number of para-hydroxylation sites is 1. The number of anilines is 1. The van der Waals surface area contributed by atoms with Gasteiger partial charge in [-0.3, -0.25) is 9.79 Å². The van der Waals surface area contributed by atoms with Crippen LogP contribution in [-0.2, 0) is 0 Å². The molecular weight excluding hydrogens is 500 g/mol. The first-order valence-corrected chi connectivity index (χ1v) is 9.87. The van der Waals surface area contributed by atoms with Gasteiger partial charge in [-0.1, -0.05) is 12.1 Å². The number of piperazine rings is 1. The molecule has 1 aliphatic heterocycles. The molecule has 0 aliphatic carbocycles. The average Bonchev–Trinajstić information content (AvgIpc) is 3.17. The van der Waals surface area contributed by atoms with Crippen LogP contribution in [0.3, 0.4) is 0 Å². The van der Waals surface area contributed by atoms with Crippen LogP contribution in [0.15, 0.2) is 46.0 Å². The Kier molecular flexibility index (Phi) is 9.41. The summed E-state index contributed by atoms with van der Waals surface area (Å²) in [6.07, 6.45) is 2.28. The average molecular weight is 529 g/mol. The van der Waals surface area contributed by atoms with E-state index < -0.39 is 0 Å². The van der Waals surface area contributed by atoms with E-state index >= 15 is 0 Å². The fraction of sp³-hybridized carbons (Fsp3) is 0.429. The summed E-state index contributed by atoms with van der Waals surface area (Å²) >= 11 is 0. The van der Waals surface area contributed by atoms with Gasteiger partial charge in [0.1, 0.15) is 5.82 Å². The quantitative estimate of drug-likeness (QED) is 0.261. The van der Waals surface area contributed by atoms with Crippen molar-refractivity contribution in [3.63, 3.8) is 0 Å². The van der Waals surface area contributed by atoms with Crippen LogP contribution < -0.4 is 15.5 Å². The Balaban J connectivity index is 0.00000320. The number of nitrogens with zero attached hydrogens (tertiary/aromatic N) is 3. The first-order valence-electron chi connectivity index (χ1n) is 9.87. The number of carbonyl (C=O) groups is 1. The van der Waals surface area contributed by atoms with Crippen LogP contribution in [0, 0.1) is 12.7 Å². The Morgan fingerprint density at radius 2 is 1.83 bits per heavy atom. The molecule has 164 valence electrons. The van der Waals surface area contributed by atoms with Gasteiger partial charge < -0.3 is 24.9 Å². The Hall–Kier alpha value is -2.30. The molecule has 1 fully saturated rings. The largest absolute Gasteiger partial charge is 0.459 e. The highest BCUT2D eigenvalue weighted by Gasteiger charge is 2.21. The van der Waals surface area contributed by atoms with Gasteiger partial charge in [-0.15, -0.1) is 24.0 Å². The zero-order chi connectivity index (χ0) is 20.6.